The van der Waals surface area contributed by atoms with Gasteiger partial charge in [-0.25, -0.2) is 0 Å². The van der Waals surface area contributed by atoms with E-state index in [1.165, 1.54) is 11.8 Å². The van der Waals surface area contributed by atoms with E-state index in [1.807, 2.05) is 30.3 Å². The van der Waals surface area contributed by atoms with Crippen molar-refractivity contribution in [1.82, 2.24) is 20.9 Å². The lowest BCUT2D eigenvalue weighted by Gasteiger charge is -2.18. The van der Waals surface area contributed by atoms with Crippen molar-refractivity contribution in [2.75, 3.05) is 18.4 Å². The van der Waals surface area contributed by atoms with Crippen molar-refractivity contribution in [2.24, 2.45) is 0 Å². The Morgan fingerprint density at radius 1 is 0.778 bits per heavy atom. The maximum Gasteiger partial charge on any atom is 0.303 e. The van der Waals surface area contributed by atoms with Gasteiger partial charge in [-0.2, -0.15) is 0 Å². The fraction of sp³-hybridized carbons (Fsp3) is 0.344. The van der Waals surface area contributed by atoms with Crippen molar-refractivity contribution in [2.45, 2.75) is 57.9 Å². The number of aromatic nitrogens is 1. The highest BCUT2D eigenvalue weighted by Crippen LogP contribution is 2.15. The maximum absolute atomic E-state index is 12.7. The average molecular weight is 622 g/mol. The van der Waals surface area contributed by atoms with E-state index in [0.717, 1.165) is 17.3 Å². The van der Waals surface area contributed by atoms with Crippen LogP contribution in [0, 0.1) is 0 Å². The highest BCUT2D eigenvalue weighted by molar-refractivity contribution is 5.97. The van der Waals surface area contributed by atoms with Gasteiger partial charge in [-0.1, -0.05) is 55.5 Å². The molecule has 3 rings (SSSR count). The first-order valence-corrected chi connectivity index (χ1v) is 14.5. The third-order valence-corrected chi connectivity index (χ3v) is 6.32. The summed E-state index contributed by atoms with van der Waals surface area (Å²) in [5.74, 6) is -4.56. The molecule has 1 aromatic heterocycles. The number of carbonyl (C=O) groups is 6. The van der Waals surface area contributed by atoms with Crippen LogP contribution >= 0.6 is 0 Å². The third-order valence-electron chi connectivity index (χ3n) is 6.32. The van der Waals surface area contributed by atoms with Gasteiger partial charge in [-0.15, -0.1) is 0 Å². The molecular formula is C32H39N5O8. The smallest absolute Gasteiger partial charge is 0.303 e. The van der Waals surface area contributed by atoms with Gasteiger partial charge in [-0.05, 0) is 37.0 Å². The largest absolute Gasteiger partial charge is 0.481 e. The van der Waals surface area contributed by atoms with E-state index in [1.54, 1.807) is 6.07 Å². The van der Waals surface area contributed by atoms with Crippen molar-refractivity contribution in [3.63, 3.8) is 0 Å². The number of hydrogen-bond acceptors (Lipinski definition) is 7. The molecule has 4 amide bonds. The molecule has 6 N–H and O–H groups in total. The number of aryl methyl sites for hydroxylation is 1. The summed E-state index contributed by atoms with van der Waals surface area (Å²) in [5.41, 5.74) is 2.61. The molecule has 13 nitrogen and oxygen atoms in total. The third kappa shape index (κ3) is 15.1. The highest BCUT2D eigenvalue weighted by atomic mass is 16.4. The number of carboxylic acid groups (broad SMARTS) is 2. The van der Waals surface area contributed by atoms with Crippen LogP contribution in [0.1, 0.15) is 51.0 Å². The lowest BCUT2D eigenvalue weighted by molar-refractivity contribution is -0.139. The number of aliphatic carboxylic acids is 2. The van der Waals surface area contributed by atoms with E-state index in [-0.39, 0.29) is 45.2 Å². The molecule has 0 aliphatic heterocycles. The monoisotopic (exact) mass is 621 g/mol. The van der Waals surface area contributed by atoms with Crippen molar-refractivity contribution >= 4 is 52.2 Å². The minimum atomic E-state index is -1.17. The van der Waals surface area contributed by atoms with Gasteiger partial charge in [0.05, 0.1) is 36.8 Å². The molecule has 0 saturated carbocycles. The van der Waals surface area contributed by atoms with Gasteiger partial charge in [0.2, 0.25) is 23.6 Å². The molecule has 0 unspecified atom stereocenters. The molecule has 0 spiro atoms. The molecule has 45 heavy (non-hydrogen) atoms. The zero-order valence-electron chi connectivity index (χ0n) is 25.1. The van der Waals surface area contributed by atoms with Gasteiger partial charge in [0.1, 0.15) is 6.04 Å². The molecule has 1 atom stereocenters. The maximum atomic E-state index is 12.7. The van der Waals surface area contributed by atoms with E-state index in [9.17, 15) is 28.8 Å². The first-order valence-electron chi connectivity index (χ1n) is 14.5. The zero-order valence-corrected chi connectivity index (χ0v) is 25.1. The van der Waals surface area contributed by atoms with E-state index in [2.05, 4.69) is 57.4 Å². The fourth-order valence-corrected chi connectivity index (χ4v) is 3.95. The number of nitrogens with one attached hydrogen (secondary N) is 4. The molecule has 13 heteroatoms. The van der Waals surface area contributed by atoms with E-state index in [4.69, 9.17) is 10.2 Å². The predicted octanol–water partition coefficient (Wildman–Crippen LogP) is 2.65. The molecule has 0 aliphatic carbocycles. The summed E-state index contributed by atoms with van der Waals surface area (Å²) in [6.07, 6.45) is 1.72. The number of anilines is 1. The highest BCUT2D eigenvalue weighted by Gasteiger charge is 2.21. The first kappa shape index (κ1) is 35.9. The second kappa shape index (κ2) is 19.8. The molecular weight excluding hydrogens is 582 g/mol. The van der Waals surface area contributed by atoms with Gasteiger partial charge in [-0.3, -0.25) is 33.8 Å². The van der Waals surface area contributed by atoms with Crippen molar-refractivity contribution in [3.05, 3.63) is 72.4 Å². The van der Waals surface area contributed by atoms with E-state index in [0.29, 0.717) is 5.69 Å². The van der Waals surface area contributed by atoms with Crippen LogP contribution in [0.2, 0.25) is 0 Å². The number of amides is 4. The van der Waals surface area contributed by atoms with Crippen molar-refractivity contribution < 1.29 is 39.0 Å². The molecule has 1 heterocycles. The van der Waals surface area contributed by atoms with Crippen LogP contribution in [0.4, 0.5) is 5.69 Å². The lowest BCUT2D eigenvalue weighted by atomic mass is 10.1. The number of hydrogen-bond donors (Lipinski definition) is 6. The number of pyridine rings is 1. The van der Waals surface area contributed by atoms with Gasteiger partial charge in [0.25, 0.3) is 0 Å². The Bertz CT molecular complexity index is 1450. The van der Waals surface area contributed by atoms with Gasteiger partial charge in [0, 0.05) is 24.8 Å². The molecule has 3 aromatic rings. The average Bonchev–Trinajstić information content (AvgIpc) is 3.03. The van der Waals surface area contributed by atoms with Crippen LogP contribution < -0.4 is 21.3 Å². The Hall–Kier alpha value is -5.33. The standard InChI is InChI=1S/C24H29N5O8.C8H10/c30-19(7-9-22(33)34)25-11-3-6-18(29-20(31)8-10-23(35)36)24(37)27-14-21(32)28-16-12-15-4-1-2-5-17(15)26-13-16;1-2-8-6-4-3-5-7-8/h1-2,4-5,12-13,18H,3,6-11,14H2,(H,25,30)(H,27,37)(H,28,32)(H,29,31)(H,33,34)(H,35,36);3-7H,2H2,1H3/t18-;/m0./s1. The van der Waals surface area contributed by atoms with Crippen LogP contribution in [-0.2, 0) is 35.2 Å². The second-order valence-corrected chi connectivity index (χ2v) is 9.92. The Balaban J connectivity index is 0.000000761. The number of nitrogens with zero attached hydrogens (tertiary/aromatic N) is 1. The van der Waals surface area contributed by atoms with Crippen LogP contribution in [-0.4, -0.2) is 69.9 Å². The van der Waals surface area contributed by atoms with E-state index < -0.39 is 48.0 Å². The number of rotatable bonds is 16. The lowest BCUT2D eigenvalue weighted by Crippen LogP contribution is -2.48. The fourth-order valence-electron chi connectivity index (χ4n) is 3.95. The molecule has 240 valence electrons. The Kier molecular flexibility index (Phi) is 15.8. The Labute approximate surface area is 260 Å². The summed E-state index contributed by atoms with van der Waals surface area (Å²) in [7, 11) is 0. The molecule has 2 aromatic carbocycles. The van der Waals surface area contributed by atoms with E-state index >= 15 is 0 Å². The Morgan fingerprint density at radius 2 is 1.42 bits per heavy atom. The summed E-state index contributed by atoms with van der Waals surface area (Å²) < 4.78 is 0. The molecule has 0 radical (unpaired) electrons. The molecule has 0 fully saturated rings. The second-order valence-electron chi connectivity index (χ2n) is 9.92. The van der Waals surface area contributed by atoms with Crippen LogP contribution in [0.5, 0.6) is 0 Å². The van der Waals surface area contributed by atoms with Crippen LogP contribution in [0.25, 0.3) is 10.9 Å². The number of fused-ring (bicyclic) bond motifs is 1. The quantitative estimate of drug-likeness (QED) is 0.130. The topological polar surface area (TPSA) is 204 Å². The summed E-state index contributed by atoms with van der Waals surface area (Å²) in [6, 6.07) is 18.5. The van der Waals surface area contributed by atoms with Gasteiger partial charge in [0.15, 0.2) is 0 Å². The first-order chi connectivity index (χ1) is 21.6. The molecule has 0 saturated heterocycles. The van der Waals surface area contributed by atoms with Gasteiger partial charge >= 0.3 is 11.9 Å². The number of benzene rings is 2. The number of para-hydroxylation sites is 1. The van der Waals surface area contributed by atoms with Crippen LogP contribution in [0.3, 0.4) is 0 Å². The van der Waals surface area contributed by atoms with Crippen LogP contribution in [0.15, 0.2) is 66.9 Å². The molecule has 0 bridgehead atoms. The summed E-state index contributed by atoms with van der Waals surface area (Å²) >= 11 is 0. The predicted molar refractivity (Wildman–Crippen MR) is 167 cm³/mol. The minimum absolute atomic E-state index is 0.0834. The number of carbonyl (C=O) groups excluding carboxylic acids is 4. The molecule has 0 aliphatic rings. The number of carboxylic acids is 2. The van der Waals surface area contributed by atoms with Crippen molar-refractivity contribution in [3.8, 4) is 0 Å². The minimum Gasteiger partial charge on any atom is -0.481 e. The SMILES string of the molecule is CCc1ccccc1.O=C(O)CCC(=O)NCCC[C@H](NC(=O)CCC(=O)O)C(=O)NCC(=O)Nc1cnc2ccccc2c1. The summed E-state index contributed by atoms with van der Waals surface area (Å²) in [5, 5.41) is 28.2. The normalized spacial score (nSPS) is 10.9. The summed E-state index contributed by atoms with van der Waals surface area (Å²) in [4.78, 5) is 74.2. The van der Waals surface area contributed by atoms with Gasteiger partial charge < -0.3 is 31.5 Å². The summed E-state index contributed by atoms with van der Waals surface area (Å²) in [6.45, 7) is 1.90. The Morgan fingerprint density at radius 3 is 2.07 bits per heavy atom. The van der Waals surface area contributed by atoms with Crippen molar-refractivity contribution in [1.29, 1.82) is 0 Å². The zero-order chi connectivity index (χ0) is 33.0.